The molecule has 5 heteroatoms. The topological polar surface area (TPSA) is 64.3 Å². The maximum absolute atomic E-state index is 11.3. The summed E-state index contributed by atoms with van der Waals surface area (Å²) >= 11 is 0. The van der Waals surface area contributed by atoms with Crippen LogP contribution in [-0.4, -0.2) is 32.2 Å². The summed E-state index contributed by atoms with van der Waals surface area (Å²) in [5.41, 5.74) is 5.37. The molecule has 1 atom stereocenters. The summed E-state index contributed by atoms with van der Waals surface area (Å²) in [6, 6.07) is 0. The van der Waals surface area contributed by atoms with Crippen molar-refractivity contribution in [3.8, 4) is 0 Å². The molecule has 0 heterocycles. The van der Waals surface area contributed by atoms with E-state index in [1.807, 2.05) is 6.92 Å². The van der Waals surface area contributed by atoms with Gasteiger partial charge in [0.25, 0.3) is 0 Å². The van der Waals surface area contributed by atoms with Crippen molar-refractivity contribution in [1.82, 2.24) is 5.32 Å². The van der Waals surface area contributed by atoms with Gasteiger partial charge in [-0.15, -0.1) is 12.4 Å². The van der Waals surface area contributed by atoms with Crippen molar-refractivity contribution in [3.63, 3.8) is 0 Å². The number of halogens is 1. The standard InChI is InChI=1S/C11H24N2O2.ClH/c1-3-4-7-15-8-5-6-13-11(14)10(2)9-12;/h10H,3-9,12H2,1-2H3,(H,13,14);1H. The van der Waals surface area contributed by atoms with E-state index in [9.17, 15) is 4.79 Å². The number of carbonyl (C=O) groups excluding carboxylic acids is 1. The molecule has 0 saturated carbocycles. The minimum Gasteiger partial charge on any atom is -0.381 e. The van der Waals surface area contributed by atoms with E-state index in [0.29, 0.717) is 13.1 Å². The number of hydrogen-bond donors (Lipinski definition) is 2. The predicted molar refractivity (Wildman–Crippen MR) is 68.8 cm³/mol. The van der Waals surface area contributed by atoms with Gasteiger partial charge in [-0.2, -0.15) is 0 Å². The summed E-state index contributed by atoms with van der Waals surface area (Å²) in [5.74, 6) is -0.0583. The molecule has 0 aromatic carbocycles. The number of nitrogens with one attached hydrogen (secondary N) is 1. The van der Waals surface area contributed by atoms with Gasteiger partial charge in [-0.1, -0.05) is 20.3 Å². The van der Waals surface area contributed by atoms with E-state index in [2.05, 4.69) is 12.2 Å². The molecule has 3 N–H and O–H groups in total. The molecule has 4 nitrogen and oxygen atoms in total. The quantitative estimate of drug-likeness (QED) is 0.609. The summed E-state index contributed by atoms with van der Waals surface area (Å²) in [6.45, 7) is 6.58. The largest absolute Gasteiger partial charge is 0.381 e. The van der Waals surface area contributed by atoms with Crippen LogP contribution in [0.2, 0.25) is 0 Å². The number of amides is 1. The third-order valence-electron chi connectivity index (χ3n) is 2.21. The van der Waals surface area contributed by atoms with E-state index < -0.39 is 0 Å². The molecule has 0 aliphatic heterocycles. The molecule has 98 valence electrons. The molecule has 0 aromatic rings. The van der Waals surface area contributed by atoms with Crippen LogP contribution >= 0.6 is 12.4 Å². The molecular formula is C11H25ClN2O2. The highest BCUT2D eigenvalue weighted by Gasteiger charge is 2.08. The van der Waals surface area contributed by atoms with Crippen LogP contribution in [0.15, 0.2) is 0 Å². The average Bonchev–Trinajstić information content (AvgIpc) is 2.26. The van der Waals surface area contributed by atoms with Crippen LogP contribution in [0.25, 0.3) is 0 Å². The first-order valence-corrected chi connectivity index (χ1v) is 5.77. The van der Waals surface area contributed by atoms with Crippen LogP contribution in [0.3, 0.4) is 0 Å². The zero-order valence-corrected chi connectivity index (χ0v) is 11.1. The zero-order chi connectivity index (χ0) is 11.5. The molecule has 16 heavy (non-hydrogen) atoms. The molecule has 0 spiro atoms. The van der Waals surface area contributed by atoms with E-state index in [1.54, 1.807) is 0 Å². The third-order valence-corrected chi connectivity index (χ3v) is 2.21. The van der Waals surface area contributed by atoms with Crippen molar-refractivity contribution in [3.05, 3.63) is 0 Å². The van der Waals surface area contributed by atoms with Crippen LogP contribution in [0, 0.1) is 5.92 Å². The van der Waals surface area contributed by atoms with E-state index in [0.717, 1.165) is 32.5 Å². The van der Waals surface area contributed by atoms with Crippen molar-refractivity contribution in [2.45, 2.75) is 33.1 Å². The summed E-state index contributed by atoms with van der Waals surface area (Å²) < 4.78 is 5.37. The SMILES string of the molecule is CCCCOCCCNC(=O)C(C)CN.Cl. The molecular weight excluding hydrogens is 228 g/mol. The van der Waals surface area contributed by atoms with Gasteiger partial charge >= 0.3 is 0 Å². The molecule has 0 rings (SSSR count). The van der Waals surface area contributed by atoms with Crippen molar-refractivity contribution in [1.29, 1.82) is 0 Å². The van der Waals surface area contributed by atoms with Gasteiger partial charge in [0.05, 0.1) is 0 Å². The van der Waals surface area contributed by atoms with Gasteiger partial charge in [0, 0.05) is 32.2 Å². The summed E-state index contributed by atoms with van der Waals surface area (Å²) in [4.78, 5) is 11.3. The molecule has 1 unspecified atom stereocenters. The second kappa shape index (κ2) is 12.7. The van der Waals surface area contributed by atoms with E-state index in [-0.39, 0.29) is 24.2 Å². The first-order valence-electron chi connectivity index (χ1n) is 5.77. The lowest BCUT2D eigenvalue weighted by Gasteiger charge is -2.09. The lowest BCUT2D eigenvalue weighted by Crippen LogP contribution is -2.34. The van der Waals surface area contributed by atoms with Gasteiger partial charge in [0.15, 0.2) is 0 Å². The Kier molecular flexibility index (Phi) is 14.4. The number of hydrogen-bond acceptors (Lipinski definition) is 3. The molecule has 0 saturated heterocycles. The fourth-order valence-corrected chi connectivity index (χ4v) is 1.02. The Morgan fingerprint density at radius 2 is 2.00 bits per heavy atom. The zero-order valence-electron chi connectivity index (χ0n) is 10.3. The normalized spacial score (nSPS) is 11.7. The molecule has 0 radical (unpaired) electrons. The Hall–Kier alpha value is -0.320. The van der Waals surface area contributed by atoms with Crippen molar-refractivity contribution < 1.29 is 9.53 Å². The van der Waals surface area contributed by atoms with Gasteiger partial charge in [-0.3, -0.25) is 4.79 Å². The Morgan fingerprint density at radius 3 is 2.56 bits per heavy atom. The molecule has 1 amide bonds. The second-order valence-corrected chi connectivity index (χ2v) is 3.75. The number of carbonyl (C=O) groups is 1. The van der Waals surface area contributed by atoms with E-state index >= 15 is 0 Å². The minimum atomic E-state index is -0.0917. The Balaban J connectivity index is 0. The number of ether oxygens (including phenoxy) is 1. The van der Waals surface area contributed by atoms with Crippen molar-refractivity contribution in [2.24, 2.45) is 11.7 Å². The second-order valence-electron chi connectivity index (χ2n) is 3.75. The Morgan fingerprint density at radius 1 is 1.38 bits per heavy atom. The fraction of sp³-hybridized carbons (Fsp3) is 0.909. The van der Waals surface area contributed by atoms with E-state index in [4.69, 9.17) is 10.5 Å². The maximum atomic E-state index is 11.3. The highest BCUT2D eigenvalue weighted by atomic mass is 35.5. The maximum Gasteiger partial charge on any atom is 0.224 e. The average molecular weight is 253 g/mol. The lowest BCUT2D eigenvalue weighted by atomic mass is 10.2. The van der Waals surface area contributed by atoms with Crippen LogP contribution in [-0.2, 0) is 9.53 Å². The van der Waals surface area contributed by atoms with Gasteiger partial charge in [-0.05, 0) is 12.8 Å². The van der Waals surface area contributed by atoms with Crippen LogP contribution in [0.1, 0.15) is 33.1 Å². The molecule has 0 aliphatic rings. The van der Waals surface area contributed by atoms with Gasteiger partial charge < -0.3 is 15.8 Å². The Bertz CT molecular complexity index is 168. The summed E-state index contributed by atoms with van der Waals surface area (Å²) in [6.07, 6.45) is 3.13. The third kappa shape index (κ3) is 10.2. The molecule has 0 bridgehead atoms. The Labute approximate surface area is 105 Å². The van der Waals surface area contributed by atoms with Gasteiger partial charge in [0.1, 0.15) is 0 Å². The van der Waals surface area contributed by atoms with Gasteiger partial charge in [-0.25, -0.2) is 0 Å². The van der Waals surface area contributed by atoms with E-state index in [1.165, 1.54) is 0 Å². The summed E-state index contributed by atoms with van der Waals surface area (Å²) in [7, 11) is 0. The van der Waals surface area contributed by atoms with Gasteiger partial charge in [0.2, 0.25) is 5.91 Å². The summed E-state index contributed by atoms with van der Waals surface area (Å²) in [5, 5.41) is 2.83. The number of unbranched alkanes of at least 4 members (excludes halogenated alkanes) is 1. The van der Waals surface area contributed by atoms with Crippen LogP contribution in [0.4, 0.5) is 0 Å². The van der Waals surface area contributed by atoms with Crippen molar-refractivity contribution >= 4 is 18.3 Å². The predicted octanol–water partition coefficient (Wildman–Crippen LogP) is 1.33. The fourth-order valence-electron chi connectivity index (χ4n) is 1.02. The molecule has 0 aliphatic carbocycles. The minimum absolute atomic E-state index is 0. The number of nitrogens with two attached hydrogens (primary N) is 1. The van der Waals surface area contributed by atoms with Crippen molar-refractivity contribution in [2.75, 3.05) is 26.3 Å². The highest BCUT2D eigenvalue weighted by molar-refractivity contribution is 5.85. The number of rotatable bonds is 9. The van der Waals surface area contributed by atoms with Crippen LogP contribution < -0.4 is 11.1 Å². The highest BCUT2D eigenvalue weighted by Crippen LogP contribution is 1.92. The molecule has 0 fully saturated rings. The first-order chi connectivity index (χ1) is 7.22. The van der Waals surface area contributed by atoms with Crippen LogP contribution in [0.5, 0.6) is 0 Å². The monoisotopic (exact) mass is 252 g/mol. The smallest absolute Gasteiger partial charge is 0.224 e. The lowest BCUT2D eigenvalue weighted by molar-refractivity contribution is -0.124. The molecule has 0 aromatic heterocycles. The first kappa shape index (κ1) is 18.1.